The lowest BCUT2D eigenvalue weighted by atomic mass is 9.90. The molecule has 9 nitrogen and oxygen atoms in total. The normalized spacial score (nSPS) is 20.0. The average molecular weight is 472 g/mol. The monoisotopic (exact) mass is 471 g/mol. The number of aromatic nitrogens is 1. The topological polar surface area (TPSA) is 128 Å². The van der Waals surface area contributed by atoms with Gasteiger partial charge in [-0.05, 0) is 63.1 Å². The summed E-state index contributed by atoms with van der Waals surface area (Å²) in [5, 5.41) is 20.1. The molecule has 0 spiro atoms. The molecule has 1 saturated heterocycles. The van der Waals surface area contributed by atoms with Crippen molar-refractivity contribution >= 4 is 29.4 Å². The molecule has 1 aromatic carbocycles. The van der Waals surface area contributed by atoms with Gasteiger partial charge < -0.3 is 25.5 Å². The number of benzene rings is 1. The minimum Gasteiger partial charge on any atom is -0.496 e. The number of rotatable bonds is 11. The Labute approximate surface area is 200 Å². The van der Waals surface area contributed by atoms with Crippen molar-refractivity contribution < 1.29 is 19.4 Å². The van der Waals surface area contributed by atoms with E-state index >= 15 is 0 Å². The molecule has 2 heterocycles. The van der Waals surface area contributed by atoms with E-state index in [0.717, 1.165) is 30.3 Å². The molecule has 2 aromatic rings. The van der Waals surface area contributed by atoms with E-state index in [1.54, 1.807) is 13.2 Å². The van der Waals surface area contributed by atoms with Crippen LogP contribution in [-0.4, -0.2) is 67.1 Å². The molecular formula is C25H37N5O4. The Bertz CT molecular complexity index is 989. The smallest absolute Gasteiger partial charge is 0.268 e. The van der Waals surface area contributed by atoms with E-state index in [1.165, 1.54) is 0 Å². The van der Waals surface area contributed by atoms with E-state index in [0.29, 0.717) is 30.8 Å². The molecule has 3 rings (SSSR count). The van der Waals surface area contributed by atoms with Gasteiger partial charge in [-0.2, -0.15) is 0 Å². The number of hydrogen-bond acceptors (Lipinski definition) is 6. The lowest BCUT2D eigenvalue weighted by Crippen LogP contribution is -2.52. The first-order chi connectivity index (χ1) is 16.3. The second-order valence-electron chi connectivity index (χ2n) is 9.41. The fraction of sp³-hybridized carbons (Fsp3) is 0.560. The standard InChI is InChI=1S/C25H37N5O4/c1-15(2)11-20(24(32)28-17(14-26-3)12-16-7-6-10-27-23(16)31)30-25(33)21-13-18-19(29-21)8-5-9-22(18)34-4/h5,8-9,13,15-17,20,23,27,29,31H,3,6-7,10-12,14H2,1-2,4H3,(H,28,32)(H,30,33). The predicted molar refractivity (Wildman–Crippen MR) is 133 cm³/mol. The number of ether oxygens (including phenoxy) is 1. The van der Waals surface area contributed by atoms with Gasteiger partial charge in [-0.3, -0.25) is 19.9 Å². The van der Waals surface area contributed by atoms with E-state index in [2.05, 4.69) is 32.6 Å². The molecule has 1 aliphatic rings. The van der Waals surface area contributed by atoms with Crippen molar-refractivity contribution in [2.45, 2.75) is 57.8 Å². The first-order valence-corrected chi connectivity index (χ1v) is 11.9. The molecule has 5 N–H and O–H groups in total. The van der Waals surface area contributed by atoms with Crippen LogP contribution in [0.5, 0.6) is 5.75 Å². The van der Waals surface area contributed by atoms with Gasteiger partial charge in [0.15, 0.2) is 0 Å². The second kappa shape index (κ2) is 12.0. The van der Waals surface area contributed by atoms with Crippen LogP contribution in [0.4, 0.5) is 0 Å². The third-order valence-electron chi connectivity index (χ3n) is 6.25. The molecular weight excluding hydrogens is 434 g/mol. The number of H-pyrrole nitrogens is 1. The Balaban J connectivity index is 1.71. The Morgan fingerprint density at radius 1 is 1.32 bits per heavy atom. The highest BCUT2D eigenvalue weighted by atomic mass is 16.5. The highest BCUT2D eigenvalue weighted by molar-refractivity contribution is 6.01. The SMILES string of the molecule is C=NCC(CC1CCCNC1O)NC(=O)C(CC(C)C)NC(=O)c1cc2c(OC)cccc2[nH]1. The second-order valence-corrected chi connectivity index (χ2v) is 9.41. The maximum Gasteiger partial charge on any atom is 0.268 e. The summed E-state index contributed by atoms with van der Waals surface area (Å²) in [7, 11) is 1.58. The molecule has 1 aromatic heterocycles. The van der Waals surface area contributed by atoms with E-state index < -0.39 is 12.3 Å². The number of amides is 2. The molecule has 0 aliphatic carbocycles. The zero-order valence-electron chi connectivity index (χ0n) is 20.3. The van der Waals surface area contributed by atoms with E-state index in [1.807, 2.05) is 32.0 Å². The number of aliphatic hydroxyl groups excluding tert-OH is 1. The highest BCUT2D eigenvalue weighted by Gasteiger charge is 2.29. The maximum absolute atomic E-state index is 13.2. The zero-order chi connectivity index (χ0) is 24.7. The summed E-state index contributed by atoms with van der Waals surface area (Å²) >= 11 is 0. The van der Waals surface area contributed by atoms with Crippen molar-refractivity contribution in [3.05, 3.63) is 30.0 Å². The van der Waals surface area contributed by atoms with Crippen LogP contribution >= 0.6 is 0 Å². The van der Waals surface area contributed by atoms with Crippen molar-refractivity contribution in [1.29, 1.82) is 0 Å². The Morgan fingerprint density at radius 3 is 2.79 bits per heavy atom. The van der Waals surface area contributed by atoms with Gasteiger partial charge in [0.1, 0.15) is 23.7 Å². The van der Waals surface area contributed by atoms with E-state index in [4.69, 9.17) is 4.74 Å². The average Bonchev–Trinajstić information content (AvgIpc) is 3.24. The fourth-order valence-corrected chi connectivity index (χ4v) is 4.55. The lowest BCUT2D eigenvalue weighted by molar-refractivity contribution is -0.124. The molecule has 0 radical (unpaired) electrons. The molecule has 0 bridgehead atoms. The van der Waals surface area contributed by atoms with Gasteiger partial charge in [0.25, 0.3) is 5.91 Å². The van der Waals surface area contributed by atoms with Crippen molar-refractivity contribution in [3.63, 3.8) is 0 Å². The number of carbonyl (C=O) groups is 2. The third kappa shape index (κ3) is 6.57. The lowest BCUT2D eigenvalue weighted by Gasteiger charge is -2.32. The molecule has 4 unspecified atom stereocenters. The number of aromatic amines is 1. The number of fused-ring (bicyclic) bond motifs is 1. The molecule has 0 saturated carbocycles. The molecule has 34 heavy (non-hydrogen) atoms. The molecule has 2 amide bonds. The van der Waals surface area contributed by atoms with Gasteiger partial charge in [0.05, 0.1) is 13.7 Å². The minimum atomic E-state index is -0.706. The Hall–Kier alpha value is -2.91. The van der Waals surface area contributed by atoms with Gasteiger partial charge in [-0.15, -0.1) is 0 Å². The van der Waals surface area contributed by atoms with Crippen LogP contribution in [0.2, 0.25) is 0 Å². The van der Waals surface area contributed by atoms with Gasteiger partial charge in [0.2, 0.25) is 5.91 Å². The summed E-state index contributed by atoms with van der Waals surface area (Å²) in [6.45, 7) is 8.72. The minimum absolute atomic E-state index is 0.0280. The fourth-order valence-electron chi connectivity index (χ4n) is 4.55. The van der Waals surface area contributed by atoms with Gasteiger partial charge in [0, 0.05) is 22.9 Å². The summed E-state index contributed by atoms with van der Waals surface area (Å²) in [6.07, 6.45) is 2.34. The van der Waals surface area contributed by atoms with Crippen LogP contribution in [0, 0.1) is 11.8 Å². The molecule has 4 atom stereocenters. The van der Waals surface area contributed by atoms with E-state index in [9.17, 15) is 14.7 Å². The van der Waals surface area contributed by atoms with Crippen molar-refractivity contribution in [2.24, 2.45) is 16.8 Å². The highest BCUT2D eigenvalue weighted by Crippen LogP contribution is 2.26. The Morgan fingerprint density at radius 2 is 2.12 bits per heavy atom. The van der Waals surface area contributed by atoms with Crippen LogP contribution < -0.4 is 20.7 Å². The van der Waals surface area contributed by atoms with Crippen LogP contribution in [0.15, 0.2) is 29.3 Å². The van der Waals surface area contributed by atoms with Gasteiger partial charge >= 0.3 is 0 Å². The number of methoxy groups -OCH3 is 1. The van der Waals surface area contributed by atoms with Crippen LogP contribution in [0.3, 0.4) is 0 Å². The predicted octanol–water partition coefficient (Wildman–Crippen LogP) is 2.21. The molecule has 9 heteroatoms. The molecule has 186 valence electrons. The summed E-state index contributed by atoms with van der Waals surface area (Å²) in [6, 6.07) is 6.31. The van der Waals surface area contributed by atoms with Crippen molar-refractivity contribution in [1.82, 2.24) is 20.9 Å². The zero-order valence-corrected chi connectivity index (χ0v) is 20.3. The Kier molecular flexibility index (Phi) is 9.06. The third-order valence-corrected chi connectivity index (χ3v) is 6.25. The molecule has 1 fully saturated rings. The summed E-state index contributed by atoms with van der Waals surface area (Å²) in [4.78, 5) is 33.4. The van der Waals surface area contributed by atoms with Crippen LogP contribution in [0.1, 0.15) is 50.0 Å². The summed E-state index contributed by atoms with van der Waals surface area (Å²) < 4.78 is 5.38. The van der Waals surface area contributed by atoms with Crippen molar-refractivity contribution in [3.8, 4) is 5.75 Å². The van der Waals surface area contributed by atoms with E-state index in [-0.39, 0.29) is 29.7 Å². The van der Waals surface area contributed by atoms with Gasteiger partial charge in [-0.25, -0.2) is 0 Å². The van der Waals surface area contributed by atoms with Gasteiger partial charge in [-0.1, -0.05) is 19.9 Å². The number of nitrogens with zero attached hydrogens (tertiary/aromatic N) is 1. The number of nitrogens with one attached hydrogen (secondary N) is 4. The number of aliphatic hydroxyl groups is 1. The number of aliphatic imine (C=N–C) groups is 1. The quantitative estimate of drug-likeness (QED) is 0.321. The first kappa shape index (κ1) is 25.7. The summed E-state index contributed by atoms with van der Waals surface area (Å²) in [5.41, 5.74) is 1.15. The number of piperidine rings is 1. The largest absolute Gasteiger partial charge is 0.496 e. The summed E-state index contributed by atoms with van der Waals surface area (Å²) in [5.74, 6) is 0.273. The number of carbonyl (C=O) groups excluding carboxylic acids is 2. The van der Waals surface area contributed by atoms with Crippen LogP contribution in [-0.2, 0) is 4.79 Å². The first-order valence-electron chi connectivity index (χ1n) is 11.9. The number of hydrogen-bond donors (Lipinski definition) is 5. The maximum atomic E-state index is 13.2. The molecule has 1 aliphatic heterocycles. The van der Waals surface area contributed by atoms with Crippen LogP contribution in [0.25, 0.3) is 10.9 Å². The van der Waals surface area contributed by atoms with Crippen molar-refractivity contribution in [2.75, 3.05) is 20.2 Å².